The second kappa shape index (κ2) is 5.19. The van der Waals surface area contributed by atoms with Crippen molar-refractivity contribution in [3.8, 4) is 0 Å². The van der Waals surface area contributed by atoms with Crippen molar-refractivity contribution in [2.75, 3.05) is 0 Å². The Balaban J connectivity index is 2.56. The third-order valence-corrected chi connectivity index (χ3v) is 4.28. The highest BCUT2D eigenvalue weighted by Gasteiger charge is 2.49. The van der Waals surface area contributed by atoms with E-state index in [4.69, 9.17) is 0 Å². The van der Waals surface area contributed by atoms with Crippen LogP contribution in [0, 0.1) is 5.41 Å². The number of nitrogens with zero attached hydrogens (tertiary/aromatic N) is 2. The minimum Gasteiger partial charge on any atom is -0.478 e. The number of rotatable bonds is 3. The first-order valence-corrected chi connectivity index (χ1v) is 7.24. The van der Waals surface area contributed by atoms with E-state index in [1.54, 1.807) is 19.2 Å². The first kappa shape index (κ1) is 16.1. The number of pyridine rings is 1. The van der Waals surface area contributed by atoms with Crippen molar-refractivity contribution in [1.29, 1.82) is 0 Å². The van der Waals surface area contributed by atoms with Crippen LogP contribution < -0.4 is 5.32 Å². The number of aliphatic imine (C=N–C) groups is 1. The normalized spacial score (nSPS) is 21.5. The Bertz CT molecular complexity index is 674. The van der Waals surface area contributed by atoms with E-state index in [0.717, 1.165) is 5.56 Å². The van der Waals surface area contributed by atoms with Crippen molar-refractivity contribution in [3.63, 3.8) is 0 Å². The molecule has 6 nitrogen and oxygen atoms in total. The lowest BCUT2D eigenvalue weighted by Crippen LogP contribution is -2.47. The number of carbonyl (C=O) groups excluding carboxylic acids is 1. The van der Waals surface area contributed by atoms with E-state index in [1.165, 1.54) is 0 Å². The van der Waals surface area contributed by atoms with Gasteiger partial charge in [0.25, 0.3) is 5.91 Å². The maximum atomic E-state index is 12.3. The zero-order valence-electron chi connectivity index (χ0n) is 13.5. The molecule has 0 fully saturated rings. The first-order chi connectivity index (χ1) is 10.1. The van der Waals surface area contributed by atoms with Crippen molar-refractivity contribution in [2.45, 2.75) is 46.6 Å². The fraction of sp³-hybridized carbons (Fsp3) is 0.500. The van der Waals surface area contributed by atoms with Crippen LogP contribution in [0.4, 0.5) is 0 Å². The van der Waals surface area contributed by atoms with Crippen molar-refractivity contribution < 1.29 is 14.7 Å². The minimum absolute atomic E-state index is 0.0524. The molecule has 1 atom stereocenters. The Kier molecular flexibility index (Phi) is 3.81. The summed E-state index contributed by atoms with van der Waals surface area (Å²) in [7, 11) is 0. The molecule has 1 aliphatic heterocycles. The van der Waals surface area contributed by atoms with Gasteiger partial charge in [-0.15, -0.1) is 0 Å². The summed E-state index contributed by atoms with van der Waals surface area (Å²) in [4.78, 5) is 32.5. The zero-order valence-corrected chi connectivity index (χ0v) is 13.5. The number of aromatic nitrogens is 1. The molecule has 1 aromatic rings. The first-order valence-electron chi connectivity index (χ1n) is 7.24. The van der Waals surface area contributed by atoms with Gasteiger partial charge in [-0.25, -0.2) is 9.79 Å². The number of hydrogen-bond acceptors (Lipinski definition) is 4. The minimum atomic E-state index is -1.08. The number of aromatic carboxylic acids is 1. The molecular formula is C16H21N3O3. The van der Waals surface area contributed by atoms with Gasteiger partial charge >= 0.3 is 5.97 Å². The number of hydrogen-bond donors (Lipinski definition) is 2. The average molecular weight is 303 g/mol. The quantitative estimate of drug-likeness (QED) is 0.893. The smallest absolute Gasteiger partial charge is 0.338 e. The molecule has 118 valence electrons. The summed E-state index contributed by atoms with van der Waals surface area (Å²) in [6.07, 6.45) is 2.30. The molecule has 22 heavy (non-hydrogen) atoms. The summed E-state index contributed by atoms with van der Waals surface area (Å²) >= 11 is 0. The number of carbonyl (C=O) groups is 2. The lowest BCUT2D eigenvalue weighted by molar-refractivity contribution is -0.126. The van der Waals surface area contributed by atoms with Crippen LogP contribution in [-0.2, 0) is 11.2 Å². The lowest BCUT2D eigenvalue weighted by Gasteiger charge is -2.32. The second-order valence-corrected chi connectivity index (χ2v) is 6.64. The van der Waals surface area contributed by atoms with E-state index in [9.17, 15) is 14.7 Å². The number of amidine groups is 1. The molecule has 6 heteroatoms. The number of carboxylic acid groups (broad SMARTS) is 1. The summed E-state index contributed by atoms with van der Waals surface area (Å²) in [5, 5.41) is 12.1. The Hall–Kier alpha value is -2.24. The van der Waals surface area contributed by atoms with Crippen LogP contribution in [0.2, 0.25) is 0 Å². The van der Waals surface area contributed by atoms with Gasteiger partial charge in [0.2, 0.25) is 0 Å². The third-order valence-electron chi connectivity index (χ3n) is 4.28. The van der Waals surface area contributed by atoms with Crippen LogP contribution in [0.1, 0.15) is 56.2 Å². The van der Waals surface area contributed by atoms with Crippen LogP contribution in [0.15, 0.2) is 17.3 Å². The van der Waals surface area contributed by atoms with Crippen LogP contribution >= 0.6 is 0 Å². The third kappa shape index (κ3) is 2.49. The summed E-state index contributed by atoms with van der Waals surface area (Å²) in [6, 6.07) is 1.58. The van der Waals surface area contributed by atoms with E-state index in [1.807, 2.05) is 27.7 Å². The van der Waals surface area contributed by atoms with Crippen LogP contribution in [0.25, 0.3) is 0 Å². The van der Waals surface area contributed by atoms with Gasteiger partial charge in [0.05, 0.1) is 5.56 Å². The maximum Gasteiger partial charge on any atom is 0.338 e. The number of aryl methyl sites for hydroxylation is 1. The molecule has 0 aliphatic carbocycles. The lowest BCUT2D eigenvalue weighted by atomic mass is 9.75. The van der Waals surface area contributed by atoms with E-state index in [2.05, 4.69) is 15.3 Å². The van der Waals surface area contributed by atoms with E-state index >= 15 is 0 Å². The molecule has 0 saturated heterocycles. The molecule has 2 rings (SSSR count). The van der Waals surface area contributed by atoms with Gasteiger partial charge < -0.3 is 10.4 Å². The number of nitrogens with one attached hydrogen (secondary N) is 1. The van der Waals surface area contributed by atoms with E-state index < -0.39 is 16.9 Å². The number of amides is 1. The van der Waals surface area contributed by atoms with Gasteiger partial charge in [-0.1, -0.05) is 27.7 Å². The molecule has 0 spiro atoms. The fourth-order valence-corrected chi connectivity index (χ4v) is 2.21. The van der Waals surface area contributed by atoms with Crippen molar-refractivity contribution in [2.24, 2.45) is 10.4 Å². The van der Waals surface area contributed by atoms with Gasteiger partial charge in [-0.05, 0) is 30.4 Å². The van der Waals surface area contributed by atoms with Gasteiger partial charge in [0.15, 0.2) is 5.84 Å². The molecule has 1 amide bonds. The predicted molar refractivity (Wildman–Crippen MR) is 83.1 cm³/mol. The summed E-state index contributed by atoms with van der Waals surface area (Å²) in [6.45, 7) is 9.43. The monoisotopic (exact) mass is 303 g/mol. The topological polar surface area (TPSA) is 91.7 Å². The Morgan fingerprint density at radius 3 is 2.50 bits per heavy atom. The molecule has 1 aromatic heterocycles. The van der Waals surface area contributed by atoms with E-state index in [-0.39, 0.29) is 23.0 Å². The Morgan fingerprint density at radius 2 is 2.05 bits per heavy atom. The fourth-order valence-electron chi connectivity index (χ4n) is 2.21. The molecule has 2 N–H and O–H groups in total. The predicted octanol–water partition coefficient (Wildman–Crippen LogP) is 2.02. The molecule has 0 aromatic carbocycles. The van der Waals surface area contributed by atoms with E-state index in [0.29, 0.717) is 6.42 Å². The molecule has 0 radical (unpaired) electrons. The number of carboxylic acids is 1. The maximum absolute atomic E-state index is 12.3. The van der Waals surface area contributed by atoms with Crippen LogP contribution in [-0.4, -0.2) is 33.3 Å². The summed E-state index contributed by atoms with van der Waals surface area (Å²) in [5.41, 5.74) is -0.276. The Labute approximate surface area is 129 Å². The van der Waals surface area contributed by atoms with Crippen molar-refractivity contribution in [1.82, 2.24) is 10.3 Å². The average Bonchev–Trinajstić information content (AvgIpc) is 2.74. The van der Waals surface area contributed by atoms with Crippen LogP contribution in [0.3, 0.4) is 0 Å². The molecule has 0 bridgehead atoms. The highest BCUT2D eigenvalue weighted by Crippen LogP contribution is 2.36. The van der Waals surface area contributed by atoms with Gasteiger partial charge in [0.1, 0.15) is 11.2 Å². The highest BCUT2D eigenvalue weighted by molar-refractivity contribution is 6.17. The molecule has 2 heterocycles. The molecule has 1 aliphatic rings. The van der Waals surface area contributed by atoms with Gasteiger partial charge in [0, 0.05) is 6.20 Å². The van der Waals surface area contributed by atoms with Crippen LogP contribution in [0.5, 0.6) is 0 Å². The summed E-state index contributed by atoms with van der Waals surface area (Å²) in [5.74, 6) is -1.10. The molecular weight excluding hydrogens is 282 g/mol. The largest absolute Gasteiger partial charge is 0.478 e. The standard InChI is InChI=1S/C16H21N3O3/c1-6-9-7-10(13(20)21)11(17-8-9)12-18-14(22)16(5,19-12)15(2,3)4/h7-8H,6H2,1-5H3,(H,20,21)(H,18,19,22). The Morgan fingerprint density at radius 1 is 1.41 bits per heavy atom. The second-order valence-electron chi connectivity index (χ2n) is 6.64. The van der Waals surface area contributed by atoms with Crippen molar-refractivity contribution in [3.05, 3.63) is 29.1 Å². The van der Waals surface area contributed by atoms with Gasteiger partial charge in [-0.2, -0.15) is 0 Å². The summed E-state index contributed by atoms with van der Waals surface area (Å²) < 4.78 is 0. The van der Waals surface area contributed by atoms with Crippen molar-refractivity contribution >= 4 is 17.7 Å². The molecule has 1 unspecified atom stereocenters. The van der Waals surface area contributed by atoms with Gasteiger partial charge in [-0.3, -0.25) is 9.78 Å². The SMILES string of the molecule is CCc1cnc(C2=NC(C)(C(C)(C)C)C(=O)N2)c(C(=O)O)c1. The zero-order chi connectivity index (χ0) is 16.7. The molecule has 0 saturated carbocycles. The highest BCUT2D eigenvalue weighted by atomic mass is 16.4.